The average molecular weight is 226 g/mol. The first kappa shape index (κ1) is 14.6. The number of nitrogens with one attached hydrogen (secondary N) is 2. The second-order valence-corrected chi connectivity index (χ2v) is 7.32. The minimum atomic E-state index is -1.88. The molecule has 2 unspecified atom stereocenters. The smallest absolute Gasteiger partial charge is 0.251 e. The van der Waals surface area contributed by atoms with Crippen LogP contribution < -0.4 is 9.96 Å². The van der Waals surface area contributed by atoms with Crippen molar-refractivity contribution in [1.82, 2.24) is 9.96 Å². The zero-order valence-electron chi connectivity index (χ0n) is 10.6. The van der Waals surface area contributed by atoms with Crippen molar-refractivity contribution in [2.24, 2.45) is 0 Å². The fourth-order valence-corrected chi connectivity index (χ4v) is 4.14. The van der Waals surface area contributed by atoms with Gasteiger partial charge in [-0.1, -0.05) is 39.1 Å². The fraction of sp³-hybridized carbons (Fsp3) is 0.667. The maximum absolute atomic E-state index is 3.94. The predicted octanol–water partition coefficient (Wildman–Crippen LogP) is 2.66. The van der Waals surface area contributed by atoms with E-state index in [0.29, 0.717) is 12.1 Å². The molecule has 2 nitrogen and oxygen atoms in total. The molecule has 0 aromatic carbocycles. The molecule has 0 rings (SSSR count). The Labute approximate surface area is 96.0 Å². The van der Waals surface area contributed by atoms with Crippen LogP contribution in [-0.4, -0.2) is 20.5 Å². The molecule has 88 valence electrons. The van der Waals surface area contributed by atoms with Crippen LogP contribution in [0.4, 0.5) is 0 Å². The van der Waals surface area contributed by atoms with Gasteiger partial charge >= 0.3 is 0 Å². The summed E-state index contributed by atoms with van der Waals surface area (Å²) in [6.45, 7) is 16.7. The van der Waals surface area contributed by atoms with Crippen LogP contribution in [0.15, 0.2) is 24.6 Å². The summed E-state index contributed by atoms with van der Waals surface area (Å²) in [5.74, 6) is 0. The second-order valence-electron chi connectivity index (χ2n) is 4.18. The molecule has 3 heteroatoms. The number of hydrogen-bond acceptors (Lipinski definition) is 2. The molecule has 0 aromatic heterocycles. The van der Waals surface area contributed by atoms with Crippen molar-refractivity contribution in [3.63, 3.8) is 0 Å². The molecule has 0 heterocycles. The first-order valence-corrected chi connectivity index (χ1v) is 8.01. The third-order valence-electron chi connectivity index (χ3n) is 2.84. The molecule has 0 aliphatic rings. The van der Waals surface area contributed by atoms with Crippen LogP contribution in [0, 0.1) is 0 Å². The fourth-order valence-electron chi connectivity index (χ4n) is 1.38. The summed E-state index contributed by atoms with van der Waals surface area (Å²) < 4.78 is 0. The van der Waals surface area contributed by atoms with Crippen LogP contribution in [0.5, 0.6) is 0 Å². The maximum atomic E-state index is 3.94. The molecule has 2 N–H and O–H groups in total. The van der Waals surface area contributed by atoms with E-state index in [9.17, 15) is 0 Å². The van der Waals surface area contributed by atoms with Gasteiger partial charge in [-0.15, -0.1) is 13.2 Å². The molecular formula is C12H26N2Si. The van der Waals surface area contributed by atoms with Crippen LogP contribution in [0.2, 0.25) is 0 Å². The molecule has 0 saturated heterocycles. The molecular weight excluding hydrogens is 200 g/mol. The molecule has 0 bridgehead atoms. The number of rotatable bonds is 8. The summed E-state index contributed by atoms with van der Waals surface area (Å²) in [6, 6.07) is 1.01. The van der Waals surface area contributed by atoms with Crippen molar-refractivity contribution in [2.45, 2.75) is 52.6 Å². The zero-order valence-corrected chi connectivity index (χ0v) is 11.6. The molecule has 0 aromatic rings. The van der Waals surface area contributed by atoms with Crippen molar-refractivity contribution in [3.05, 3.63) is 24.6 Å². The minimum Gasteiger partial charge on any atom is -0.317 e. The van der Waals surface area contributed by atoms with Crippen LogP contribution >= 0.6 is 0 Å². The lowest BCUT2D eigenvalue weighted by molar-refractivity contribution is 0.597. The van der Waals surface area contributed by atoms with Crippen molar-refractivity contribution in [3.8, 4) is 0 Å². The normalized spacial score (nSPS) is 15.7. The van der Waals surface area contributed by atoms with E-state index in [1.54, 1.807) is 0 Å². The van der Waals surface area contributed by atoms with Crippen LogP contribution in [0.3, 0.4) is 0 Å². The summed E-state index contributed by atoms with van der Waals surface area (Å²) in [4.78, 5) is 7.27. The lowest BCUT2D eigenvalue weighted by Crippen LogP contribution is -2.64. The third kappa shape index (κ3) is 4.78. The maximum Gasteiger partial charge on any atom is 0.251 e. The van der Waals surface area contributed by atoms with E-state index in [1.165, 1.54) is 0 Å². The number of hydrogen-bond donors (Lipinski definition) is 2. The highest BCUT2D eigenvalue weighted by molar-refractivity contribution is 6.84. The Balaban J connectivity index is 4.56. The van der Waals surface area contributed by atoms with Gasteiger partial charge in [0.25, 0.3) is 8.40 Å². The van der Waals surface area contributed by atoms with Gasteiger partial charge in [-0.2, -0.15) is 0 Å². The van der Waals surface area contributed by atoms with Gasteiger partial charge in [0.05, 0.1) is 0 Å². The molecule has 15 heavy (non-hydrogen) atoms. The van der Waals surface area contributed by atoms with E-state index in [-0.39, 0.29) is 0 Å². The second kappa shape index (κ2) is 6.98. The SMILES string of the molecule is C=C[Si](C=C)(NC(C)CC)NC(C)CC. The van der Waals surface area contributed by atoms with Crippen LogP contribution in [-0.2, 0) is 0 Å². The van der Waals surface area contributed by atoms with E-state index in [4.69, 9.17) is 0 Å². The topological polar surface area (TPSA) is 24.1 Å². The largest absolute Gasteiger partial charge is 0.317 e. The van der Waals surface area contributed by atoms with Gasteiger partial charge in [0.2, 0.25) is 0 Å². The summed E-state index contributed by atoms with van der Waals surface area (Å²) >= 11 is 0. The molecule has 0 spiro atoms. The van der Waals surface area contributed by atoms with Crippen LogP contribution in [0.1, 0.15) is 40.5 Å². The van der Waals surface area contributed by atoms with E-state index in [1.807, 2.05) is 11.4 Å². The van der Waals surface area contributed by atoms with E-state index in [0.717, 1.165) is 12.8 Å². The quantitative estimate of drug-likeness (QED) is 0.622. The highest BCUT2D eigenvalue weighted by atomic mass is 28.3. The van der Waals surface area contributed by atoms with Crippen molar-refractivity contribution in [1.29, 1.82) is 0 Å². The van der Waals surface area contributed by atoms with Crippen LogP contribution in [0.25, 0.3) is 0 Å². The van der Waals surface area contributed by atoms with Gasteiger partial charge < -0.3 is 9.96 Å². The Morgan fingerprint density at radius 3 is 1.53 bits per heavy atom. The Bertz CT molecular complexity index is 182. The molecule has 0 radical (unpaired) electrons. The highest BCUT2D eigenvalue weighted by Crippen LogP contribution is 2.04. The van der Waals surface area contributed by atoms with Gasteiger partial charge in [-0.25, -0.2) is 0 Å². The molecule has 0 saturated carbocycles. The van der Waals surface area contributed by atoms with E-state index in [2.05, 4.69) is 50.8 Å². The monoisotopic (exact) mass is 226 g/mol. The lowest BCUT2D eigenvalue weighted by Gasteiger charge is -2.32. The first-order valence-electron chi connectivity index (χ1n) is 5.86. The predicted molar refractivity (Wildman–Crippen MR) is 71.9 cm³/mol. The van der Waals surface area contributed by atoms with Gasteiger partial charge in [0, 0.05) is 0 Å². The Morgan fingerprint density at radius 1 is 1.00 bits per heavy atom. The van der Waals surface area contributed by atoms with Gasteiger partial charge in [-0.05, 0) is 24.9 Å². The summed E-state index contributed by atoms with van der Waals surface area (Å²) in [5.41, 5.74) is 4.05. The zero-order chi connectivity index (χ0) is 11.9. The van der Waals surface area contributed by atoms with Gasteiger partial charge in [0.15, 0.2) is 0 Å². The average Bonchev–Trinajstić information content (AvgIpc) is 2.27. The highest BCUT2D eigenvalue weighted by Gasteiger charge is 2.28. The van der Waals surface area contributed by atoms with Crippen molar-refractivity contribution >= 4 is 8.40 Å². The van der Waals surface area contributed by atoms with Gasteiger partial charge in [-0.3, -0.25) is 0 Å². The summed E-state index contributed by atoms with van der Waals surface area (Å²) in [6.07, 6.45) is 2.25. The standard InChI is InChI=1S/C12H26N2Si/c1-7-11(5)13-15(9-3,10-4)14-12(6)8-2/h9-14H,3-4,7-8H2,1-2,5-6H3. The van der Waals surface area contributed by atoms with Crippen molar-refractivity contribution < 1.29 is 0 Å². The van der Waals surface area contributed by atoms with E-state index >= 15 is 0 Å². The first-order chi connectivity index (χ1) is 7.03. The summed E-state index contributed by atoms with van der Waals surface area (Å²) in [7, 11) is -1.88. The third-order valence-corrected chi connectivity index (χ3v) is 6.07. The lowest BCUT2D eigenvalue weighted by atomic mass is 10.3. The Hall–Kier alpha value is -0.383. The molecule has 0 amide bonds. The molecule has 0 fully saturated rings. The molecule has 2 atom stereocenters. The Kier molecular flexibility index (Phi) is 6.81. The summed E-state index contributed by atoms with van der Waals surface area (Å²) in [5, 5.41) is 0. The van der Waals surface area contributed by atoms with Gasteiger partial charge in [0.1, 0.15) is 0 Å². The molecule has 0 aliphatic carbocycles. The van der Waals surface area contributed by atoms with E-state index < -0.39 is 8.40 Å². The Morgan fingerprint density at radius 2 is 1.33 bits per heavy atom. The van der Waals surface area contributed by atoms with Crippen molar-refractivity contribution in [2.75, 3.05) is 0 Å². The molecule has 0 aliphatic heterocycles. The minimum absolute atomic E-state index is 0.504.